The SMILES string of the molecule is COc1c(I)cc(C=c2sc3nc4ccccc4n3c2=O)cc1[N+](=O)[O-]. The van der Waals surface area contributed by atoms with Gasteiger partial charge in [-0.1, -0.05) is 23.5 Å². The molecule has 9 heteroatoms. The Morgan fingerprint density at radius 2 is 2.12 bits per heavy atom. The summed E-state index contributed by atoms with van der Waals surface area (Å²) in [5, 5.41) is 11.3. The third-order valence-electron chi connectivity index (χ3n) is 3.89. The standard InChI is InChI=1S/C17H10IN3O4S/c1-25-15-10(18)6-9(7-13(15)21(23)24)8-14-16(22)20-12-5-3-2-4-11(12)19-17(20)26-14/h2-8H,1H3. The molecule has 0 saturated heterocycles. The van der Waals surface area contributed by atoms with Crippen LogP contribution >= 0.6 is 33.9 Å². The molecule has 0 N–H and O–H groups in total. The highest BCUT2D eigenvalue weighted by Gasteiger charge is 2.19. The summed E-state index contributed by atoms with van der Waals surface area (Å²) in [5.41, 5.74) is 1.75. The molecule has 0 aliphatic heterocycles. The molecular weight excluding hydrogens is 469 g/mol. The van der Waals surface area contributed by atoms with E-state index in [4.69, 9.17) is 4.74 Å². The summed E-state index contributed by atoms with van der Waals surface area (Å²) in [6.45, 7) is 0. The third kappa shape index (κ3) is 2.63. The van der Waals surface area contributed by atoms with Crippen LogP contribution in [0.25, 0.3) is 22.1 Å². The molecule has 0 atom stereocenters. The van der Waals surface area contributed by atoms with Crippen molar-refractivity contribution in [2.24, 2.45) is 0 Å². The first-order valence-corrected chi connectivity index (χ1v) is 9.33. The Morgan fingerprint density at radius 3 is 2.85 bits per heavy atom. The number of halogens is 1. The number of fused-ring (bicyclic) bond motifs is 3. The highest BCUT2D eigenvalue weighted by Crippen LogP contribution is 2.33. The number of hydrogen-bond acceptors (Lipinski definition) is 6. The van der Waals surface area contributed by atoms with Gasteiger partial charge in [-0.15, -0.1) is 0 Å². The van der Waals surface area contributed by atoms with Crippen LogP contribution in [0.1, 0.15) is 5.56 Å². The van der Waals surface area contributed by atoms with Crippen LogP contribution in [0.5, 0.6) is 5.75 Å². The average Bonchev–Trinajstić information content (AvgIpc) is 3.11. The van der Waals surface area contributed by atoms with Gasteiger partial charge in [0.15, 0.2) is 4.96 Å². The van der Waals surface area contributed by atoms with E-state index in [1.807, 2.05) is 46.9 Å². The molecule has 7 nitrogen and oxygen atoms in total. The largest absolute Gasteiger partial charge is 0.489 e. The predicted molar refractivity (Wildman–Crippen MR) is 108 cm³/mol. The second kappa shape index (κ2) is 6.32. The lowest BCUT2D eigenvalue weighted by atomic mass is 10.2. The normalized spacial score (nSPS) is 12.2. The van der Waals surface area contributed by atoms with E-state index in [2.05, 4.69) is 4.98 Å². The van der Waals surface area contributed by atoms with Gasteiger partial charge in [0.05, 0.1) is 31.2 Å². The van der Waals surface area contributed by atoms with Gasteiger partial charge in [0.2, 0.25) is 5.75 Å². The molecule has 0 saturated carbocycles. The number of nitro groups is 1. The summed E-state index contributed by atoms with van der Waals surface area (Å²) in [4.78, 5) is 28.6. The quantitative estimate of drug-likeness (QED) is 0.256. The van der Waals surface area contributed by atoms with Gasteiger partial charge in [-0.25, -0.2) is 9.38 Å². The molecule has 0 bridgehead atoms. The van der Waals surface area contributed by atoms with E-state index in [1.54, 1.807) is 16.5 Å². The molecule has 0 aliphatic carbocycles. The summed E-state index contributed by atoms with van der Waals surface area (Å²) in [6.07, 6.45) is 1.64. The van der Waals surface area contributed by atoms with Crippen LogP contribution in [0, 0.1) is 13.7 Å². The molecule has 0 fully saturated rings. The summed E-state index contributed by atoms with van der Waals surface area (Å²) in [7, 11) is 1.39. The van der Waals surface area contributed by atoms with Gasteiger partial charge in [0.1, 0.15) is 0 Å². The van der Waals surface area contributed by atoms with E-state index in [1.165, 1.54) is 24.5 Å². The topological polar surface area (TPSA) is 86.7 Å². The van der Waals surface area contributed by atoms with Gasteiger partial charge >= 0.3 is 5.69 Å². The van der Waals surface area contributed by atoms with Gasteiger partial charge < -0.3 is 4.74 Å². The molecule has 2 heterocycles. The average molecular weight is 479 g/mol. The van der Waals surface area contributed by atoms with E-state index in [9.17, 15) is 14.9 Å². The van der Waals surface area contributed by atoms with Crippen molar-refractivity contribution in [1.29, 1.82) is 0 Å². The lowest BCUT2D eigenvalue weighted by Gasteiger charge is -2.05. The number of benzene rings is 2. The van der Waals surface area contributed by atoms with Crippen LogP contribution in [-0.4, -0.2) is 21.4 Å². The minimum Gasteiger partial charge on any atom is -0.489 e. The summed E-state index contributed by atoms with van der Waals surface area (Å²) in [6, 6.07) is 10.6. The zero-order valence-corrected chi connectivity index (χ0v) is 16.3. The lowest BCUT2D eigenvalue weighted by Crippen LogP contribution is -2.22. The maximum absolute atomic E-state index is 12.8. The van der Waals surface area contributed by atoms with E-state index in [0.717, 1.165) is 11.0 Å². The number of rotatable bonds is 3. The minimum absolute atomic E-state index is 0.134. The van der Waals surface area contributed by atoms with E-state index >= 15 is 0 Å². The fraction of sp³-hybridized carbons (Fsp3) is 0.0588. The van der Waals surface area contributed by atoms with Crippen molar-refractivity contribution < 1.29 is 9.66 Å². The number of hydrogen-bond donors (Lipinski definition) is 0. The monoisotopic (exact) mass is 479 g/mol. The Labute approximate surface area is 163 Å². The third-order valence-corrected chi connectivity index (χ3v) is 5.66. The predicted octanol–water partition coefficient (Wildman–Crippen LogP) is 2.98. The summed E-state index contributed by atoms with van der Waals surface area (Å²) >= 11 is 3.23. The Kier molecular flexibility index (Phi) is 4.11. The maximum atomic E-state index is 12.8. The minimum atomic E-state index is -0.495. The molecular formula is C17H10IN3O4S. The molecule has 2 aromatic carbocycles. The highest BCUT2D eigenvalue weighted by atomic mass is 127. The number of para-hydroxylation sites is 2. The first-order valence-electron chi connectivity index (χ1n) is 7.43. The van der Waals surface area contributed by atoms with Crippen molar-refractivity contribution in [3.63, 3.8) is 0 Å². The maximum Gasteiger partial charge on any atom is 0.312 e. The van der Waals surface area contributed by atoms with Gasteiger partial charge in [0.25, 0.3) is 5.56 Å². The van der Waals surface area contributed by atoms with Crippen molar-refractivity contribution >= 4 is 61.7 Å². The summed E-state index contributed by atoms with van der Waals surface area (Å²) in [5.74, 6) is 0.210. The number of imidazole rings is 1. The number of ether oxygens (including phenoxy) is 1. The Morgan fingerprint density at radius 1 is 1.35 bits per heavy atom. The molecule has 2 aromatic heterocycles. The number of nitro benzene ring substituents is 1. The van der Waals surface area contributed by atoms with Gasteiger partial charge in [-0.3, -0.25) is 14.9 Å². The zero-order chi connectivity index (χ0) is 18.4. The summed E-state index contributed by atoms with van der Waals surface area (Å²) < 4.78 is 7.75. The van der Waals surface area contributed by atoms with Crippen LogP contribution in [0.15, 0.2) is 41.2 Å². The second-order valence-corrected chi connectivity index (χ2v) is 7.62. The van der Waals surface area contributed by atoms with Crippen molar-refractivity contribution in [2.75, 3.05) is 7.11 Å². The van der Waals surface area contributed by atoms with Crippen molar-refractivity contribution in [2.45, 2.75) is 0 Å². The lowest BCUT2D eigenvalue weighted by molar-refractivity contribution is -0.385. The number of nitrogens with zero attached hydrogens (tertiary/aromatic N) is 3. The van der Waals surface area contributed by atoms with Gasteiger partial charge in [-0.05, 0) is 52.4 Å². The van der Waals surface area contributed by atoms with E-state index in [-0.39, 0.29) is 17.0 Å². The molecule has 0 aliphatic rings. The molecule has 0 radical (unpaired) electrons. The van der Waals surface area contributed by atoms with Crippen LogP contribution in [-0.2, 0) is 0 Å². The molecule has 0 amide bonds. The smallest absolute Gasteiger partial charge is 0.312 e. The first kappa shape index (κ1) is 16.9. The van der Waals surface area contributed by atoms with Crippen LogP contribution in [0.3, 0.4) is 0 Å². The Bertz CT molecular complexity index is 1300. The van der Waals surface area contributed by atoms with Crippen molar-refractivity contribution in [3.05, 3.63) is 70.5 Å². The molecule has 4 aromatic rings. The molecule has 4 rings (SSSR count). The molecule has 130 valence electrons. The number of methoxy groups -OCH3 is 1. The highest BCUT2D eigenvalue weighted by molar-refractivity contribution is 14.1. The van der Waals surface area contributed by atoms with Crippen LogP contribution in [0.2, 0.25) is 0 Å². The number of thiazole rings is 1. The number of aromatic nitrogens is 2. The van der Waals surface area contributed by atoms with Gasteiger partial charge in [-0.2, -0.15) is 0 Å². The second-order valence-electron chi connectivity index (χ2n) is 5.45. The molecule has 0 spiro atoms. The fourth-order valence-corrected chi connectivity index (χ4v) is 4.63. The van der Waals surface area contributed by atoms with Crippen molar-refractivity contribution in [3.8, 4) is 5.75 Å². The van der Waals surface area contributed by atoms with Crippen molar-refractivity contribution in [1.82, 2.24) is 9.38 Å². The fourth-order valence-electron chi connectivity index (χ4n) is 2.78. The zero-order valence-electron chi connectivity index (χ0n) is 13.3. The van der Waals surface area contributed by atoms with E-state index < -0.39 is 4.92 Å². The Balaban J connectivity index is 1.96. The van der Waals surface area contributed by atoms with E-state index in [0.29, 0.717) is 18.6 Å². The van der Waals surface area contributed by atoms with Gasteiger partial charge in [0, 0.05) is 6.07 Å². The van der Waals surface area contributed by atoms with Crippen LogP contribution in [0.4, 0.5) is 5.69 Å². The molecule has 26 heavy (non-hydrogen) atoms. The Hall–Kier alpha value is -2.53. The first-order chi connectivity index (χ1) is 12.5. The van der Waals surface area contributed by atoms with Crippen LogP contribution < -0.4 is 14.8 Å². The molecule has 0 unspecified atom stereocenters.